The van der Waals surface area contributed by atoms with Crippen LogP contribution in [-0.2, 0) is 19.2 Å². The second-order valence-corrected chi connectivity index (χ2v) is 16.1. The quantitative estimate of drug-likeness (QED) is 0.0423. The molecule has 19 nitrogen and oxygen atoms in total. The number of nitrogen functional groups attached to an aromatic ring is 1. The van der Waals surface area contributed by atoms with Gasteiger partial charge in [-0.15, -0.1) is 16.9 Å². The van der Waals surface area contributed by atoms with E-state index in [4.69, 9.17) is 33.8 Å². The van der Waals surface area contributed by atoms with Crippen LogP contribution in [0.15, 0.2) is 22.9 Å². The van der Waals surface area contributed by atoms with Crippen molar-refractivity contribution in [3.05, 3.63) is 44.1 Å². The summed E-state index contributed by atoms with van der Waals surface area (Å²) in [6.45, 7) is 5.46. The van der Waals surface area contributed by atoms with Crippen molar-refractivity contribution in [3.63, 3.8) is 0 Å². The molecule has 53 heavy (non-hydrogen) atoms. The van der Waals surface area contributed by atoms with Crippen LogP contribution in [0.2, 0.25) is 9.36 Å². The van der Waals surface area contributed by atoms with Crippen molar-refractivity contribution in [1.29, 1.82) is 0 Å². The molecule has 3 aromatic rings. The average molecular weight is 812 g/mol. The molecule has 2 aromatic heterocycles. The number of nitrogens with zero attached hydrogens (tertiary/aromatic N) is 7. The first-order valence-corrected chi connectivity index (χ1v) is 18.7. The summed E-state index contributed by atoms with van der Waals surface area (Å²) < 4.78 is 0.614. The lowest BCUT2D eigenvalue weighted by molar-refractivity contribution is -0.911. The van der Waals surface area contributed by atoms with E-state index in [1.54, 1.807) is 0 Å². The van der Waals surface area contributed by atoms with Gasteiger partial charge in [0.2, 0.25) is 5.60 Å². The number of nitrogens with one attached hydrogen (secondary N) is 3. The van der Waals surface area contributed by atoms with E-state index in [9.17, 15) is 34.5 Å². The van der Waals surface area contributed by atoms with Crippen LogP contribution in [0, 0.1) is 0 Å². The van der Waals surface area contributed by atoms with Crippen LogP contribution in [0.1, 0.15) is 48.6 Å². The van der Waals surface area contributed by atoms with Crippen LogP contribution < -0.4 is 16.4 Å². The number of carboxylic acids is 1. The molecule has 6 rings (SSSR count). The van der Waals surface area contributed by atoms with Crippen molar-refractivity contribution in [2.24, 2.45) is 5.16 Å². The number of β-lactam (4-membered cyclic amide) rings is 1. The molecular weight excluding hydrogens is 777 g/mol. The number of aromatic amines is 1. The Labute approximate surface area is 319 Å². The molecule has 0 aliphatic carbocycles. The highest BCUT2D eigenvalue weighted by Gasteiger charge is 2.55. The number of likely N-dealkylation sites (tertiary alicyclic amines) is 1. The Morgan fingerprint density at radius 3 is 2.60 bits per heavy atom. The van der Waals surface area contributed by atoms with Gasteiger partial charge in [0.05, 0.1) is 42.5 Å². The Hall–Kier alpha value is -4.70. The number of hydrogen-bond donors (Lipinski definition) is 7. The molecule has 3 amide bonds. The van der Waals surface area contributed by atoms with Gasteiger partial charge in [-0.25, -0.2) is 14.9 Å². The molecule has 8 N–H and O–H groups in total. The predicted molar refractivity (Wildman–Crippen MR) is 193 cm³/mol. The molecule has 0 spiro atoms. The number of thioether (sulfide) groups is 1. The number of carbonyl (C=O) groups is 4. The third-order valence-electron chi connectivity index (χ3n) is 9.08. The van der Waals surface area contributed by atoms with E-state index in [-0.39, 0.29) is 38.1 Å². The Morgan fingerprint density at radius 1 is 1.23 bits per heavy atom. The number of aliphatic carboxylic acids is 1. The van der Waals surface area contributed by atoms with Gasteiger partial charge in [-0.2, -0.15) is 0 Å². The molecule has 0 unspecified atom stereocenters. The number of H-pyrrole nitrogens is 1. The van der Waals surface area contributed by atoms with E-state index in [1.165, 1.54) is 42.6 Å². The minimum atomic E-state index is -1.81. The van der Waals surface area contributed by atoms with Crippen molar-refractivity contribution in [2.45, 2.75) is 43.7 Å². The highest BCUT2D eigenvalue weighted by atomic mass is 35.5. The molecule has 0 bridgehead atoms. The lowest BCUT2D eigenvalue weighted by Crippen LogP contribution is -2.70. The van der Waals surface area contributed by atoms with Crippen LogP contribution in [0.25, 0.3) is 5.70 Å². The molecule has 282 valence electrons. The zero-order valence-electron chi connectivity index (χ0n) is 28.1. The van der Waals surface area contributed by atoms with Crippen molar-refractivity contribution in [3.8, 4) is 11.5 Å². The highest BCUT2D eigenvalue weighted by molar-refractivity contribution is 8.00. The lowest BCUT2D eigenvalue weighted by atomic mass is 10.0. The summed E-state index contributed by atoms with van der Waals surface area (Å²) in [5.74, 6) is -3.47. The second kappa shape index (κ2) is 15.0. The Kier molecular flexibility index (Phi) is 10.7. The van der Waals surface area contributed by atoms with Crippen molar-refractivity contribution < 1.29 is 43.8 Å². The number of rotatable bonds is 13. The van der Waals surface area contributed by atoms with Crippen LogP contribution in [0.5, 0.6) is 11.5 Å². The lowest BCUT2D eigenvalue weighted by Gasteiger charge is -2.50. The number of phenolic OH excluding ortho intramolecular Hbond substituents is 2. The fourth-order valence-electron chi connectivity index (χ4n) is 6.26. The maximum Gasteiger partial charge on any atom is 0.350 e. The van der Waals surface area contributed by atoms with E-state index in [2.05, 4.69) is 41.4 Å². The predicted octanol–water partition coefficient (Wildman–Crippen LogP) is 1.39. The Morgan fingerprint density at radius 2 is 1.96 bits per heavy atom. The summed E-state index contributed by atoms with van der Waals surface area (Å²) in [6, 6.07) is 1.49. The minimum absolute atomic E-state index is 0.0106. The fourth-order valence-corrected chi connectivity index (χ4v) is 8.77. The number of thiazole rings is 1. The number of tetrazole rings is 1. The number of carbonyl (C=O) groups excluding carboxylic acids is 3. The Bertz CT molecular complexity index is 2020. The number of benzene rings is 1. The van der Waals surface area contributed by atoms with Crippen LogP contribution in [0.4, 0.5) is 5.13 Å². The van der Waals surface area contributed by atoms with E-state index < -0.39 is 57.9 Å². The van der Waals surface area contributed by atoms with Crippen LogP contribution >= 0.6 is 46.3 Å². The van der Waals surface area contributed by atoms with Gasteiger partial charge in [-0.05, 0) is 36.4 Å². The van der Waals surface area contributed by atoms with E-state index in [0.717, 1.165) is 42.8 Å². The minimum Gasteiger partial charge on any atom is -0.504 e. The molecule has 1 aromatic carbocycles. The smallest absolute Gasteiger partial charge is 0.350 e. The summed E-state index contributed by atoms with van der Waals surface area (Å²) in [4.78, 5) is 62.8. The first-order valence-electron chi connectivity index (χ1n) is 16.1. The zero-order valence-corrected chi connectivity index (χ0v) is 31.3. The number of anilines is 1. The maximum atomic E-state index is 13.9. The number of phenols is 2. The first kappa shape index (κ1) is 38.0. The van der Waals surface area contributed by atoms with Gasteiger partial charge in [0.1, 0.15) is 28.0 Å². The van der Waals surface area contributed by atoms with Crippen LogP contribution in [-0.4, -0.2) is 135 Å². The first-order chi connectivity index (χ1) is 25.1. The van der Waals surface area contributed by atoms with Gasteiger partial charge in [-0.3, -0.25) is 19.3 Å². The monoisotopic (exact) mass is 810 g/mol. The van der Waals surface area contributed by atoms with E-state index in [0.29, 0.717) is 29.0 Å². The Balaban J connectivity index is 1.21. The molecule has 0 saturated carbocycles. The van der Waals surface area contributed by atoms with E-state index >= 15 is 0 Å². The van der Waals surface area contributed by atoms with Crippen molar-refractivity contribution in [2.75, 3.05) is 44.2 Å². The molecule has 5 heterocycles. The standard InChI is InChI=1S/C30H33Cl2N11O8S2/c1-30(2,28(49)50)51-39-18(17-22(32)53-29(33)36-17)25(47)35-19-26(48)42-20(23-37-40-41-38-23)13(12-52-27(19)42)11-43(8-3-4-9-43)10-7-34-24(46)14-5-6-15(44)21(45)16(14)31/h5-6,19,27H,3-4,7-12H2,1-2H3,(H7-,33,34,35,36,37,38,39,40,41,44,45,46,47,49,50)/p+1/t19-,27-/m1/s1. The van der Waals surface area contributed by atoms with Gasteiger partial charge in [0, 0.05) is 24.2 Å². The van der Waals surface area contributed by atoms with Gasteiger partial charge >= 0.3 is 5.97 Å². The normalized spacial score (nSPS) is 19.8. The van der Waals surface area contributed by atoms with E-state index in [1.807, 2.05) is 0 Å². The van der Waals surface area contributed by atoms with Gasteiger partial charge in [-0.1, -0.05) is 39.7 Å². The highest BCUT2D eigenvalue weighted by Crippen LogP contribution is 2.44. The molecule has 3 aliphatic rings. The molecule has 0 radical (unpaired) electrons. The number of amides is 3. The molecular formula is C30H34Cl2N11O8S2+. The molecule has 3 aliphatic heterocycles. The number of nitrogens with two attached hydrogens (primary N) is 1. The largest absolute Gasteiger partial charge is 0.504 e. The summed E-state index contributed by atoms with van der Waals surface area (Å²) >= 11 is 14.7. The van der Waals surface area contributed by atoms with Gasteiger partial charge < -0.3 is 41.0 Å². The summed E-state index contributed by atoms with van der Waals surface area (Å²) in [5.41, 5.74) is 4.79. The van der Waals surface area contributed by atoms with Crippen LogP contribution in [0.3, 0.4) is 0 Å². The summed E-state index contributed by atoms with van der Waals surface area (Å²) in [7, 11) is 0. The van der Waals surface area contributed by atoms with Crippen molar-refractivity contribution in [1.82, 2.24) is 41.1 Å². The second-order valence-electron chi connectivity index (χ2n) is 13.0. The number of oxime groups is 1. The number of quaternary nitrogens is 1. The zero-order chi connectivity index (χ0) is 38.2. The topological polar surface area (TPSA) is 271 Å². The number of halogens is 2. The number of aromatic hydroxyl groups is 2. The summed E-state index contributed by atoms with van der Waals surface area (Å²) in [5, 5.41) is 52.0. The number of carboxylic acid groups (broad SMARTS) is 1. The number of fused-ring (bicyclic) bond motifs is 1. The van der Waals surface area contributed by atoms with Gasteiger partial charge in [0.25, 0.3) is 17.7 Å². The van der Waals surface area contributed by atoms with Gasteiger partial charge in [0.15, 0.2) is 28.2 Å². The SMILES string of the molecule is CC(C)(O/N=C(\C(=O)N[C@@H]1C(=O)N2C(c3nnn[nH]3)=C(C[N+]3(CCNC(=O)c4ccc(O)c(O)c4Cl)CCCC3)CS[C@H]12)c1nc(N)sc1Cl)C(=O)O. The third kappa shape index (κ3) is 7.56. The molecule has 2 atom stereocenters. The third-order valence-corrected chi connectivity index (χ3v) is 11.9. The molecule has 2 saturated heterocycles. The summed E-state index contributed by atoms with van der Waals surface area (Å²) in [6.07, 6.45) is 1.91. The molecule has 2 fully saturated rings. The fraction of sp³-hybridized carbons (Fsp3) is 0.433. The maximum absolute atomic E-state index is 13.9. The number of hydrogen-bond acceptors (Lipinski definition) is 15. The molecule has 23 heteroatoms. The van der Waals surface area contributed by atoms with Crippen molar-refractivity contribution >= 4 is 86.5 Å². The average Bonchev–Trinajstić information content (AvgIpc) is 3.88. The number of aromatic nitrogens is 5.